The molecule has 0 aliphatic heterocycles. The van der Waals surface area contributed by atoms with E-state index >= 15 is 0 Å². The first kappa shape index (κ1) is 16.3. The van der Waals surface area contributed by atoms with E-state index < -0.39 is 0 Å². The second kappa shape index (κ2) is 8.38. The molecule has 0 aromatic heterocycles. The van der Waals surface area contributed by atoms with E-state index in [2.05, 4.69) is 66.0 Å². The molecular weight excluding hydrogens is 357 g/mol. The molecule has 1 aromatic carbocycles. The first-order chi connectivity index (χ1) is 9.74. The summed E-state index contributed by atoms with van der Waals surface area (Å²) in [7, 11) is 0. The van der Waals surface area contributed by atoms with Crippen LogP contribution in [0.5, 0.6) is 0 Å². The molecule has 20 heavy (non-hydrogen) atoms. The summed E-state index contributed by atoms with van der Waals surface area (Å²) in [6.45, 7) is 5.74. The van der Waals surface area contributed by atoms with E-state index in [1.807, 2.05) is 0 Å². The molecule has 1 nitrogen and oxygen atoms in total. The molecule has 112 valence electrons. The van der Waals surface area contributed by atoms with Crippen molar-refractivity contribution in [3.8, 4) is 0 Å². The zero-order valence-corrected chi connectivity index (χ0v) is 15.0. The summed E-state index contributed by atoms with van der Waals surface area (Å²) >= 11 is 2.43. The van der Waals surface area contributed by atoms with Gasteiger partial charge in [0.1, 0.15) is 0 Å². The largest absolute Gasteiger partial charge is 0.310 e. The number of benzene rings is 1. The Morgan fingerprint density at radius 1 is 1.30 bits per heavy atom. The minimum atomic E-state index is 0.555. The smallest absolute Gasteiger partial charge is 0.0349 e. The second-order valence-corrected chi connectivity index (χ2v) is 7.43. The molecule has 3 atom stereocenters. The Bertz CT molecular complexity index is 404. The molecule has 1 fully saturated rings. The van der Waals surface area contributed by atoms with Gasteiger partial charge in [-0.15, -0.1) is 0 Å². The van der Waals surface area contributed by atoms with Gasteiger partial charge in [0.05, 0.1) is 0 Å². The number of halogens is 1. The molecule has 0 saturated heterocycles. The van der Waals surface area contributed by atoms with Crippen LogP contribution in [0.2, 0.25) is 0 Å². The van der Waals surface area contributed by atoms with E-state index in [4.69, 9.17) is 0 Å². The van der Waals surface area contributed by atoms with E-state index in [0.717, 1.165) is 18.4 Å². The highest BCUT2D eigenvalue weighted by atomic mass is 127. The average Bonchev–Trinajstić information content (AvgIpc) is 2.48. The summed E-state index contributed by atoms with van der Waals surface area (Å²) in [5.74, 6) is 1.76. The van der Waals surface area contributed by atoms with E-state index in [9.17, 15) is 0 Å². The van der Waals surface area contributed by atoms with E-state index in [-0.39, 0.29) is 0 Å². The van der Waals surface area contributed by atoms with Crippen molar-refractivity contribution in [3.63, 3.8) is 0 Å². The molecule has 1 aliphatic rings. The summed E-state index contributed by atoms with van der Waals surface area (Å²) in [5.41, 5.74) is 1.49. The third-order valence-electron chi connectivity index (χ3n) is 4.69. The van der Waals surface area contributed by atoms with Gasteiger partial charge in [-0.3, -0.25) is 0 Å². The molecule has 2 heteroatoms. The van der Waals surface area contributed by atoms with Crippen LogP contribution in [0.15, 0.2) is 24.3 Å². The maximum atomic E-state index is 3.82. The normalized spacial score (nSPS) is 24.6. The standard InChI is InChI=1S/C18H28IN/c1-3-11-20-18(16-9-6-10-17(19)13-16)15-8-5-7-14(4-2)12-15/h6,9-10,13-15,18,20H,3-5,7-8,11-12H2,1-2H3. The Kier molecular flexibility index (Phi) is 6.82. The monoisotopic (exact) mass is 385 g/mol. The fourth-order valence-electron chi connectivity index (χ4n) is 3.56. The maximum absolute atomic E-state index is 3.82. The highest BCUT2D eigenvalue weighted by Gasteiger charge is 2.28. The van der Waals surface area contributed by atoms with Gasteiger partial charge in [-0.1, -0.05) is 45.2 Å². The van der Waals surface area contributed by atoms with Crippen molar-refractivity contribution in [3.05, 3.63) is 33.4 Å². The minimum Gasteiger partial charge on any atom is -0.310 e. The highest BCUT2D eigenvalue weighted by molar-refractivity contribution is 14.1. The van der Waals surface area contributed by atoms with Gasteiger partial charge in [0.2, 0.25) is 0 Å². The lowest BCUT2D eigenvalue weighted by molar-refractivity contribution is 0.209. The first-order valence-electron chi connectivity index (χ1n) is 8.23. The number of rotatable bonds is 6. The topological polar surface area (TPSA) is 12.0 Å². The van der Waals surface area contributed by atoms with Crippen molar-refractivity contribution in [1.29, 1.82) is 0 Å². The molecule has 2 rings (SSSR count). The van der Waals surface area contributed by atoms with Gasteiger partial charge < -0.3 is 5.32 Å². The van der Waals surface area contributed by atoms with Crippen LogP contribution in [0.1, 0.15) is 64.0 Å². The summed E-state index contributed by atoms with van der Waals surface area (Å²) in [6.07, 6.45) is 8.22. The molecule has 0 radical (unpaired) electrons. The highest BCUT2D eigenvalue weighted by Crippen LogP contribution is 2.38. The van der Waals surface area contributed by atoms with Crippen LogP contribution in [-0.2, 0) is 0 Å². The van der Waals surface area contributed by atoms with Crippen LogP contribution >= 0.6 is 22.6 Å². The Balaban J connectivity index is 2.14. The van der Waals surface area contributed by atoms with Crippen LogP contribution in [-0.4, -0.2) is 6.54 Å². The van der Waals surface area contributed by atoms with Crippen LogP contribution in [0.25, 0.3) is 0 Å². The van der Waals surface area contributed by atoms with Crippen molar-refractivity contribution >= 4 is 22.6 Å². The maximum Gasteiger partial charge on any atom is 0.0349 e. The third-order valence-corrected chi connectivity index (χ3v) is 5.37. The molecule has 1 N–H and O–H groups in total. The Hall–Kier alpha value is -0.0900. The average molecular weight is 385 g/mol. The van der Waals surface area contributed by atoms with Gasteiger partial charge in [0.25, 0.3) is 0 Å². The zero-order valence-electron chi connectivity index (χ0n) is 12.9. The molecule has 3 unspecified atom stereocenters. The first-order valence-corrected chi connectivity index (χ1v) is 9.31. The van der Waals surface area contributed by atoms with E-state index in [0.29, 0.717) is 6.04 Å². The SMILES string of the molecule is CCCNC(c1cccc(I)c1)C1CCCC(CC)C1. The minimum absolute atomic E-state index is 0.555. The second-order valence-electron chi connectivity index (χ2n) is 6.19. The van der Waals surface area contributed by atoms with Crippen LogP contribution < -0.4 is 5.32 Å². The Morgan fingerprint density at radius 3 is 2.85 bits per heavy atom. The molecule has 0 spiro atoms. The predicted molar refractivity (Wildman–Crippen MR) is 95.9 cm³/mol. The molecule has 0 bridgehead atoms. The number of hydrogen-bond acceptors (Lipinski definition) is 1. The van der Waals surface area contributed by atoms with Gasteiger partial charge in [-0.05, 0) is 77.9 Å². The number of hydrogen-bond donors (Lipinski definition) is 1. The lowest BCUT2D eigenvalue weighted by Gasteiger charge is -2.35. The van der Waals surface area contributed by atoms with Crippen molar-refractivity contribution in [2.75, 3.05) is 6.54 Å². The Morgan fingerprint density at radius 2 is 2.15 bits per heavy atom. The van der Waals surface area contributed by atoms with Crippen molar-refractivity contribution in [2.24, 2.45) is 11.8 Å². The summed E-state index contributed by atoms with van der Waals surface area (Å²) in [6, 6.07) is 9.63. The van der Waals surface area contributed by atoms with Crippen LogP contribution in [0.3, 0.4) is 0 Å². The van der Waals surface area contributed by atoms with Gasteiger partial charge >= 0.3 is 0 Å². The molecular formula is C18H28IN. The summed E-state index contributed by atoms with van der Waals surface area (Å²) in [4.78, 5) is 0. The van der Waals surface area contributed by atoms with Gasteiger partial charge in [-0.25, -0.2) is 0 Å². The molecule has 1 saturated carbocycles. The molecule has 0 heterocycles. The quantitative estimate of drug-likeness (QED) is 0.634. The van der Waals surface area contributed by atoms with Gasteiger partial charge in [0, 0.05) is 9.61 Å². The lowest BCUT2D eigenvalue weighted by Crippen LogP contribution is -2.32. The Labute approximate surface area is 138 Å². The summed E-state index contributed by atoms with van der Waals surface area (Å²) < 4.78 is 1.35. The van der Waals surface area contributed by atoms with Crippen molar-refractivity contribution in [1.82, 2.24) is 5.32 Å². The van der Waals surface area contributed by atoms with Crippen LogP contribution in [0.4, 0.5) is 0 Å². The lowest BCUT2D eigenvalue weighted by atomic mass is 9.75. The predicted octanol–water partition coefficient (Wildman–Crippen LogP) is 5.55. The summed E-state index contributed by atoms with van der Waals surface area (Å²) in [5, 5.41) is 3.82. The van der Waals surface area contributed by atoms with Crippen molar-refractivity contribution < 1.29 is 0 Å². The van der Waals surface area contributed by atoms with Gasteiger partial charge in [-0.2, -0.15) is 0 Å². The van der Waals surface area contributed by atoms with E-state index in [1.165, 1.54) is 47.7 Å². The molecule has 0 amide bonds. The zero-order chi connectivity index (χ0) is 14.4. The van der Waals surface area contributed by atoms with Gasteiger partial charge in [0.15, 0.2) is 0 Å². The fourth-order valence-corrected chi connectivity index (χ4v) is 4.13. The fraction of sp³-hybridized carbons (Fsp3) is 0.667. The van der Waals surface area contributed by atoms with Crippen LogP contribution in [0, 0.1) is 15.4 Å². The third kappa shape index (κ3) is 4.45. The number of nitrogens with one attached hydrogen (secondary N) is 1. The molecule has 1 aliphatic carbocycles. The van der Waals surface area contributed by atoms with Crippen molar-refractivity contribution in [2.45, 2.75) is 58.4 Å². The molecule has 1 aromatic rings. The van der Waals surface area contributed by atoms with E-state index in [1.54, 1.807) is 0 Å².